The summed E-state index contributed by atoms with van der Waals surface area (Å²) in [6.07, 6.45) is 5.85. The van der Waals surface area contributed by atoms with Crippen molar-refractivity contribution in [3.63, 3.8) is 0 Å². The fraction of sp³-hybridized carbons (Fsp3) is 0.476. The van der Waals surface area contributed by atoms with Crippen LogP contribution in [0.2, 0.25) is 0 Å². The fourth-order valence-electron chi connectivity index (χ4n) is 4.87. The highest BCUT2D eigenvalue weighted by molar-refractivity contribution is 5.76. The number of piperidine rings is 2. The summed E-state index contributed by atoms with van der Waals surface area (Å²) in [5.41, 5.74) is 1.37. The summed E-state index contributed by atoms with van der Waals surface area (Å²) in [6.45, 7) is 3.74. The standard InChI is InChI=1S/C21H26N2O4/c24-18-4-1-3-16(11-18)12-22-9-5-19-21(15-22,20(25)26)7-2-8-23(19)13-17-6-10-27-14-17/h1,3-4,6,10-11,14,19,24H,2,5,7-9,12-13,15H2,(H,25,26)/t19-,21+/m0/s1. The molecule has 27 heavy (non-hydrogen) atoms. The highest BCUT2D eigenvalue weighted by Gasteiger charge is 2.53. The van der Waals surface area contributed by atoms with Crippen molar-refractivity contribution < 1.29 is 19.4 Å². The molecule has 1 aromatic heterocycles. The van der Waals surface area contributed by atoms with Crippen molar-refractivity contribution in [3.8, 4) is 5.75 Å². The Balaban J connectivity index is 1.53. The van der Waals surface area contributed by atoms with E-state index >= 15 is 0 Å². The van der Waals surface area contributed by atoms with Crippen molar-refractivity contribution in [3.05, 3.63) is 54.0 Å². The van der Waals surface area contributed by atoms with Crippen LogP contribution in [-0.2, 0) is 17.9 Å². The van der Waals surface area contributed by atoms with Gasteiger partial charge in [0.15, 0.2) is 0 Å². The molecule has 0 amide bonds. The summed E-state index contributed by atoms with van der Waals surface area (Å²) in [7, 11) is 0. The number of furan rings is 1. The van der Waals surface area contributed by atoms with Crippen LogP contribution in [0.25, 0.3) is 0 Å². The Hall–Kier alpha value is -2.31. The second-order valence-corrected chi connectivity index (χ2v) is 7.85. The van der Waals surface area contributed by atoms with Crippen LogP contribution in [0, 0.1) is 5.41 Å². The molecule has 0 bridgehead atoms. The Labute approximate surface area is 159 Å². The van der Waals surface area contributed by atoms with E-state index in [1.807, 2.05) is 18.2 Å². The van der Waals surface area contributed by atoms with Crippen molar-refractivity contribution in [1.82, 2.24) is 9.80 Å². The molecule has 3 heterocycles. The lowest BCUT2D eigenvalue weighted by molar-refractivity contribution is -0.164. The number of hydrogen-bond donors (Lipinski definition) is 2. The first-order valence-corrected chi connectivity index (χ1v) is 9.56. The first-order chi connectivity index (χ1) is 13.1. The highest BCUT2D eigenvalue weighted by atomic mass is 16.4. The minimum absolute atomic E-state index is 0.0408. The Morgan fingerprint density at radius 1 is 1.22 bits per heavy atom. The SMILES string of the molecule is O=C(O)[C@@]12CCCN(Cc3ccoc3)[C@H]1CCN(Cc1cccc(O)c1)C2. The maximum atomic E-state index is 12.4. The van der Waals surface area contributed by atoms with Gasteiger partial charge in [-0.05, 0) is 49.6 Å². The van der Waals surface area contributed by atoms with Crippen LogP contribution in [0.5, 0.6) is 5.75 Å². The molecule has 2 N–H and O–H groups in total. The summed E-state index contributed by atoms with van der Waals surface area (Å²) >= 11 is 0. The number of likely N-dealkylation sites (tertiary alicyclic amines) is 2. The molecule has 0 radical (unpaired) electrons. The van der Waals surface area contributed by atoms with E-state index in [4.69, 9.17) is 4.42 Å². The molecule has 2 aliphatic heterocycles. The van der Waals surface area contributed by atoms with Gasteiger partial charge in [0, 0.05) is 37.8 Å². The smallest absolute Gasteiger partial charge is 0.312 e. The van der Waals surface area contributed by atoms with Gasteiger partial charge < -0.3 is 14.6 Å². The van der Waals surface area contributed by atoms with Crippen LogP contribution in [-0.4, -0.2) is 51.7 Å². The maximum Gasteiger partial charge on any atom is 0.312 e. The number of hydrogen-bond acceptors (Lipinski definition) is 5. The van der Waals surface area contributed by atoms with Crippen molar-refractivity contribution in [2.45, 2.75) is 38.4 Å². The number of carbonyl (C=O) groups is 1. The van der Waals surface area contributed by atoms with Gasteiger partial charge in [-0.25, -0.2) is 0 Å². The summed E-state index contributed by atoms with van der Waals surface area (Å²) in [6, 6.07) is 9.21. The zero-order chi connectivity index (χ0) is 18.9. The second-order valence-electron chi connectivity index (χ2n) is 7.85. The second kappa shape index (κ2) is 7.37. The van der Waals surface area contributed by atoms with Crippen LogP contribution in [0.3, 0.4) is 0 Å². The largest absolute Gasteiger partial charge is 0.508 e. The number of carboxylic acid groups (broad SMARTS) is 1. The van der Waals surface area contributed by atoms with Gasteiger partial charge in [-0.1, -0.05) is 12.1 Å². The molecule has 0 spiro atoms. The number of rotatable bonds is 5. The molecule has 2 aliphatic rings. The van der Waals surface area contributed by atoms with E-state index in [-0.39, 0.29) is 11.8 Å². The molecule has 2 aromatic rings. The van der Waals surface area contributed by atoms with E-state index in [0.717, 1.165) is 43.6 Å². The molecule has 144 valence electrons. The Morgan fingerprint density at radius 2 is 2.11 bits per heavy atom. The number of carboxylic acids is 1. The van der Waals surface area contributed by atoms with E-state index in [9.17, 15) is 15.0 Å². The van der Waals surface area contributed by atoms with Crippen molar-refractivity contribution in [2.75, 3.05) is 19.6 Å². The predicted octanol–water partition coefficient (Wildman–Crippen LogP) is 2.93. The lowest BCUT2D eigenvalue weighted by atomic mass is 9.69. The van der Waals surface area contributed by atoms with Crippen molar-refractivity contribution >= 4 is 5.97 Å². The summed E-state index contributed by atoms with van der Waals surface area (Å²) < 4.78 is 5.19. The van der Waals surface area contributed by atoms with Gasteiger partial charge in [-0.3, -0.25) is 14.6 Å². The zero-order valence-corrected chi connectivity index (χ0v) is 15.4. The van der Waals surface area contributed by atoms with Gasteiger partial charge in [0.1, 0.15) is 5.75 Å². The number of phenolic OH excluding ortho intramolecular Hbond substituents is 1. The molecular formula is C21H26N2O4. The zero-order valence-electron chi connectivity index (χ0n) is 15.4. The van der Waals surface area contributed by atoms with Crippen molar-refractivity contribution in [2.24, 2.45) is 5.41 Å². The lowest BCUT2D eigenvalue weighted by Gasteiger charge is -2.53. The number of fused-ring (bicyclic) bond motifs is 1. The minimum atomic E-state index is -0.739. The topological polar surface area (TPSA) is 77.2 Å². The first kappa shape index (κ1) is 18.1. The van der Waals surface area contributed by atoms with E-state index in [2.05, 4.69) is 9.80 Å². The van der Waals surface area contributed by atoms with Crippen LogP contribution in [0.4, 0.5) is 0 Å². The minimum Gasteiger partial charge on any atom is -0.508 e. The number of phenols is 1. The molecule has 0 saturated carbocycles. The number of aliphatic carboxylic acids is 1. The molecule has 6 nitrogen and oxygen atoms in total. The first-order valence-electron chi connectivity index (χ1n) is 9.56. The molecule has 2 atom stereocenters. The van der Waals surface area contributed by atoms with Gasteiger partial charge in [0.05, 0.1) is 17.9 Å². The molecule has 4 rings (SSSR count). The van der Waals surface area contributed by atoms with E-state index < -0.39 is 11.4 Å². The quantitative estimate of drug-likeness (QED) is 0.843. The van der Waals surface area contributed by atoms with Crippen LogP contribution in [0.15, 0.2) is 47.3 Å². The Kier molecular flexibility index (Phi) is 4.93. The number of nitrogens with zero attached hydrogens (tertiary/aromatic N) is 2. The summed E-state index contributed by atoms with van der Waals surface area (Å²) in [4.78, 5) is 16.9. The van der Waals surface area contributed by atoms with Crippen LogP contribution in [0.1, 0.15) is 30.4 Å². The van der Waals surface area contributed by atoms with Crippen LogP contribution < -0.4 is 0 Å². The van der Waals surface area contributed by atoms with Gasteiger partial charge in [-0.15, -0.1) is 0 Å². The normalized spacial score (nSPS) is 26.6. The molecule has 2 saturated heterocycles. The van der Waals surface area contributed by atoms with Crippen molar-refractivity contribution in [1.29, 1.82) is 0 Å². The van der Waals surface area contributed by atoms with Gasteiger partial charge in [0.2, 0.25) is 0 Å². The fourth-order valence-corrected chi connectivity index (χ4v) is 4.87. The summed E-state index contributed by atoms with van der Waals surface area (Å²) in [5, 5.41) is 19.9. The third-order valence-electron chi connectivity index (χ3n) is 6.08. The third kappa shape index (κ3) is 3.59. The number of benzene rings is 1. The van der Waals surface area contributed by atoms with E-state index in [0.29, 0.717) is 19.5 Å². The van der Waals surface area contributed by atoms with Gasteiger partial charge in [0.25, 0.3) is 0 Å². The van der Waals surface area contributed by atoms with Crippen LogP contribution >= 0.6 is 0 Å². The van der Waals surface area contributed by atoms with E-state index in [1.54, 1.807) is 24.7 Å². The molecule has 6 heteroatoms. The molecule has 0 unspecified atom stereocenters. The Morgan fingerprint density at radius 3 is 2.85 bits per heavy atom. The van der Waals surface area contributed by atoms with Gasteiger partial charge in [-0.2, -0.15) is 0 Å². The lowest BCUT2D eigenvalue weighted by Crippen LogP contribution is -2.63. The highest BCUT2D eigenvalue weighted by Crippen LogP contribution is 2.42. The third-order valence-corrected chi connectivity index (χ3v) is 6.08. The molecule has 1 aromatic carbocycles. The maximum absolute atomic E-state index is 12.4. The predicted molar refractivity (Wildman–Crippen MR) is 100 cm³/mol. The number of aromatic hydroxyl groups is 1. The van der Waals surface area contributed by atoms with E-state index in [1.165, 1.54) is 0 Å². The monoisotopic (exact) mass is 370 g/mol. The van der Waals surface area contributed by atoms with Gasteiger partial charge >= 0.3 is 5.97 Å². The average Bonchev–Trinajstić information content (AvgIpc) is 3.15. The Bertz CT molecular complexity index is 791. The average molecular weight is 370 g/mol. The summed E-state index contributed by atoms with van der Waals surface area (Å²) in [5.74, 6) is -0.440. The molecule has 0 aliphatic carbocycles. The molecular weight excluding hydrogens is 344 g/mol. The molecule has 2 fully saturated rings.